The molecule has 1 atom stereocenters. The lowest BCUT2D eigenvalue weighted by Gasteiger charge is -2.26. The van der Waals surface area contributed by atoms with E-state index in [9.17, 15) is 9.90 Å². The first-order valence-electron chi connectivity index (χ1n) is 7.93. The second-order valence-electron chi connectivity index (χ2n) is 5.09. The first kappa shape index (κ1) is 21.3. The normalized spacial score (nSPS) is 13.5. The fraction of sp³-hybridized carbons (Fsp3) is 0.800. The zero-order valence-electron chi connectivity index (χ0n) is 14.3. The lowest BCUT2D eigenvalue weighted by Crippen LogP contribution is -2.39. The third kappa shape index (κ3) is 10.9. The van der Waals surface area contributed by atoms with E-state index >= 15 is 0 Å². The highest BCUT2D eigenvalue weighted by molar-refractivity contribution is 6.66. The van der Waals surface area contributed by atoms with Gasteiger partial charge in [-0.25, -0.2) is 4.79 Å². The van der Waals surface area contributed by atoms with Gasteiger partial charge in [-0.3, -0.25) is 0 Å². The summed E-state index contributed by atoms with van der Waals surface area (Å²) in [5.41, 5.74) is 0. The molecular formula is C15H31NO5Si. The molecule has 0 saturated carbocycles. The number of hydrogen-bond donors (Lipinski definition) is 2. The SMILES string of the molecule is CC=CC(=O)OCC(O)CNCCC[Si](C)(OCC)OCC. The lowest BCUT2D eigenvalue weighted by atomic mass is 10.3. The topological polar surface area (TPSA) is 77.0 Å². The van der Waals surface area contributed by atoms with Crippen LogP contribution in [0, 0.1) is 0 Å². The van der Waals surface area contributed by atoms with Crippen LogP contribution in [0.15, 0.2) is 12.2 Å². The molecule has 22 heavy (non-hydrogen) atoms. The second-order valence-corrected chi connectivity index (χ2v) is 8.44. The molecule has 0 bridgehead atoms. The van der Waals surface area contributed by atoms with E-state index in [0.717, 1.165) is 19.0 Å². The van der Waals surface area contributed by atoms with Crippen LogP contribution in [-0.2, 0) is 18.4 Å². The van der Waals surface area contributed by atoms with Gasteiger partial charge in [-0.15, -0.1) is 0 Å². The summed E-state index contributed by atoms with van der Waals surface area (Å²) in [6, 6.07) is 0.911. The Morgan fingerprint density at radius 2 is 1.95 bits per heavy atom. The summed E-state index contributed by atoms with van der Waals surface area (Å²) in [6.45, 7) is 10.3. The predicted molar refractivity (Wildman–Crippen MR) is 88.9 cm³/mol. The summed E-state index contributed by atoms with van der Waals surface area (Å²) in [7, 11) is -2.05. The molecule has 0 aliphatic rings. The number of hydrogen-bond acceptors (Lipinski definition) is 6. The van der Waals surface area contributed by atoms with Gasteiger partial charge in [0.1, 0.15) is 12.7 Å². The van der Waals surface area contributed by atoms with Crippen molar-refractivity contribution in [2.45, 2.75) is 45.9 Å². The Bertz CT molecular complexity index is 319. The molecular weight excluding hydrogens is 302 g/mol. The number of rotatable bonds is 13. The second kappa shape index (κ2) is 12.8. The largest absolute Gasteiger partial charge is 0.460 e. The highest BCUT2D eigenvalue weighted by atomic mass is 28.4. The first-order chi connectivity index (χ1) is 10.5. The van der Waals surface area contributed by atoms with E-state index in [2.05, 4.69) is 11.9 Å². The standard InChI is InChI=1S/C15H31NO5Si/c1-5-9-15(18)19-13-14(17)12-16-10-8-11-22(4,20-6-2)21-7-3/h5,9,14,16-17H,6-8,10-13H2,1-4H3. The Hall–Kier alpha value is -0.733. The highest BCUT2D eigenvalue weighted by Gasteiger charge is 2.29. The van der Waals surface area contributed by atoms with Crippen LogP contribution in [0.1, 0.15) is 27.2 Å². The number of allylic oxidation sites excluding steroid dienone is 1. The monoisotopic (exact) mass is 333 g/mol. The summed E-state index contributed by atoms with van der Waals surface area (Å²) in [5, 5.41) is 12.8. The van der Waals surface area contributed by atoms with Gasteiger partial charge in [0.25, 0.3) is 0 Å². The molecule has 0 amide bonds. The van der Waals surface area contributed by atoms with E-state index in [1.807, 2.05) is 13.8 Å². The number of ether oxygens (including phenoxy) is 1. The van der Waals surface area contributed by atoms with Gasteiger partial charge in [-0.2, -0.15) is 0 Å². The van der Waals surface area contributed by atoms with Crippen LogP contribution in [0.5, 0.6) is 0 Å². The molecule has 6 nitrogen and oxygen atoms in total. The highest BCUT2D eigenvalue weighted by Crippen LogP contribution is 2.15. The van der Waals surface area contributed by atoms with Gasteiger partial charge in [-0.05, 0) is 46.3 Å². The van der Waals surface area contributed by atoms with Gasteiger partial charge < -0.3 is 24.0 Å². The molecule has 0 saturated heterocycles. The maximum Gasteiger partial charge on any atom is 0.334 e. The van der Waals surface area contributed by atoms with Gasteiger partial charge in [-0.1, -0.05) is 6.08 Å². The molecule has 0 aliphatic heterocycles. The van der Waals surface area contributed by atoms with Crippen molar-refractivity contribution in [3.63, 3.8) is 0 Å². The molecule has 7 heteroatoms. The van der Waals surface area contributed by atoms with E-state index in [-0.39, 0.29) is 6.61 Å². The van der Waals surface area contributed by atoms with Gasteiger partial charge in [0.15, 0.2) is 0 Å². The average molecular weight is 334 g/mol. The Kier molecular flexibility index (Phi) is 12.3. The predicted octanol–water partition coefficient (Wildman–Crippen LogP) is 1.59. The molecule has 0 fully saturated rings. The summed E-state index contributed by atoms with van der Waals surface area (Å²) < 4.78 is 16.4. The Morgan fingerprint density at radius 1 is 1.32 bits per heavy atom. The van der Waals surface area contributed by atoms with Gasteiger partial charge in [0, 0.05) is 25.8 Å². The van der Waals surface area contributed by atoms with Crippen molar-refractivity contribution in [3.8, 4) is 0 Å². The minimum Gasteiger partial charge on any atom is -0.460 e. The molecule has 0 aromatic heterocycles. The number of nitrogens with one attached hydrogen (secondary N) is 1. The van der Waals surface area contributed by atoms with Crippen molar-refractivity contribution in [2.75, 3.05) is 32.9 Å². The summed E-state index contributed by atoms with van der Waals surface area (Å²) >= 11 is 0. The molecule has 0 heterocycles. The van der Waals surface area contributed by atoms with Crippen molar-refractivity contribution < 1.29 is 23.5 Å². The Morgan fingerprint density at radius 3 is 2.50 bits per heavy atom. The van der Waals surface area contributed by atoms with E-state index in [1.54, 1.807) is 13.0 Å². The van der Waals surface area contributed by atoms with Crippen LogP contribution in [0.4, 0.5) is 0 Å². The zero-order chi connectivity index (χ0) is 16.8. The van der Waals surface area contributed by atoms with Crippen molar-refractivity contribution in [2.24, 2.45) is 0 Å². The average Bonchev–Trinajstić information content (AvgIpc) is 2.45. The molecule has 0 radical (unpaired) electrons. The fourth-order valence-corrected chi connectivity index (χ4v) is 4.43. The van der Waals surface area contributed by atoms with Crippen molar-refractivity contribution in [1.82, 2.24) is 5.32 Å². The summed E-state index contributed by atoms with van der Waals surface area (Å²) in [5.74, 6) is -0.434. The maximum absolute atomic E-state index is 11.1. The molecule has 0 aromatic carbocycles. The molecule has 130 valence electrons. The Balaban J connectivity index is 3.76. The first-order valence-corrected chi connectivity index (χ1v) is 10.5. The molecule has 0 spiro atoms. The molecule has 0 aliphatic carbocycles. The number of carbonyl (C=O) groups is 1. The Labute approximate surface area is 135 Å². The van der Waals surface area contributed by atoms with E-state index in [1.165, 1.54) is 6.08 Å². The number of aliphatic hydroxyl groups excluding tert-OH is 1. The van der Waals surface area contributed by atoms with Crippen LogP contribution in [0.25, 0.3) is 0 Å². The lowest BCUT2D eigenvalue weighted by molar-refractivity contribution is -0.140. The minimum atomic E-state index is -2.05. The van der Waals surface area contributed by atoms with Crippen molar-refractivity contribution >= 4 is 14.5 Å². The number of carbonyl (C=O) groups excluding carboxylic acids is 1. The fourth-order valence-electron chi connectivity index (χ4n) is 2.02. The third-order valence-electron chi connectivity index (χ3n) is 2.98. The molecule has 0 rings (SSSR count). The van der Waals surface area contributed by atoms with Crippen molar-refractivity contribution in [3.05, 3.63) is 12.2 Å². The van der Waals surface area contributed by atoms with Gasteiger partial charge >= 0.3 is 14.5 Å². The minimum absolute atomic E-state index is 0.000526. The molecule has 0 aromatic rings. The van der Waals surface area contributed by atoms with Gasteiger partial charge in [0.2, 0.25) is 0 Å². The van der Waals surface area contributed by atoms with Crippen LogP contribution in [0.2, 0.25) is 12.6 Å². The van der Waals surface area contributed by atoms with E-state index in [4.69, 9.17) is 13.6 Å². The van der Waals surface area contributed by atoms with Crippen molar-refractivity contribution in [1.29, 1.82) is 0 Å². The quantitative estimate of drug-likeness (QED) is 0.231. The molecule has 2 N–H and O–H groups in total. The van der Waals surface area contributed by atoms with Crippen LogP contribution >= 0.6 is 0 Å². The van der Waals surface area contributed by atoms with Gasteiger partial charge in [0.05, 0.1) is 0 Å². The summed E-state index contributed by atoms with van der Waals surface area (Å²) in [6.07, 6.45) is 3.16. The van der Waals surface area contributed by atoms with E-state index in [0.29, 0.717) is 19.8 Å². The van der Waals surface area contributed by atoms with Crippen LogP contribution in [-0.4, -0.2) is 58.7 Å². The van der Waals surface area contributed by atoms with Crippen LogP contribution < -0.4 is 5.32 Å². The summed E-state index contributed by atoms with van der Waals surface area (Å²) in [4.78, 5) is 11.1. The van der Waals surface area contributed by atoms with E-state index < -0.39 is 20.6 Å². The zero-order valence-corrected chi connectivity index (χ0v) is 15.3. The molecule has 1 unspecified atom stereocenters. The third-order valence-corrected chi connectivity index (χ3v) is 6.04. The smallest absolute Gasteiger partial charge is 0.334 e. The van der Waals surface area contributed by atoms with Crippen LogP contribution in [0.3, 0.4) is 0 Å². The number of esters is 1. The maximum atomic E-state index is 11.1. The number of aliphatic hydroxyl groups is 1.